The van der Waals surface area contributed by atoms with Crippen LogP contribution >= 0.6 is 0 Å². The Morgan fingerprint density at radius 2 is 0.824 bits per heavy atom. The van der Waals surface area contributed by atoms with Crippen molar-refractivity contribution >= 4 is 65.4 Å². The molecular weight excluding hydrogens is 619 g/mol. The highest BCUT2D eigenvalue weighted by molar-refractivity contribution is 6.17. The molecule has 0 fully saturated rings. The summed E-state index contributed by atoms with van der Waals surface area (Å²) in [6, 6.07) is -6.80. The molecule has 3 nitrogen and oxygen atoms in total. The maximum Gasteiger partial charge on any atom is 0.0645 e. The van der Waals surface area contributed by atoms with E-state index in [9.17, 15) is 11.0 Å². The third-order valence-electron chi connectivity index (χ3n) is 8.90. The maximum atomic E-state index is 9.99. The molecule has 238 valence electrons. The molecule has 0 N–H and O–H groups in total. The Morgan fingerprint density at radius 3 is 1.47 bits per heavy atom. The minimum atomic E-state index is -0.921. The molecule has 3 heteroatoms. The van der Waals surface area contributed by atoms with Gasteiger partial charge in [0.15, 0.2) is 0 Å². The fourth-order valence-corrected chi connectivity index (χ4v) is 6.88. The quantitative estimate of drug-likeness (QED) is 0.177. The largest absolute Gasteiger partial charge is 0.309 e. The lowest BCUT2D eigenvalue weighted by atomic mass is 10.0. The van der Waals surface area contributed by atoms with E-state index in [2.05, 4.69) is 0 Å². The average Bonchev–Trinajstić information content (AvgIpc) is 4.12. The molecule has 0 aliphatic rings. The number of nitrogens with zero attached hydrogens (tertiary/aromatic N) is 3. The molecule has 51 heavy (non-hydrogen) atoms. The summed E-state index contributed by atoms with van der Waals surface area (Å²) in [5.74, 6) is 0. The molecule has 0 aliphatic carbocycles. The smallest absolute Gasteiger partial charge is 0.0645 e. The Bertz CT molecular complexity index is 4470. The lowest BCUT2D eigenvalue weighted by Crippen LogP contribution is -1.96. The second-order valence-corrected chi connectivity index (χ2v) is 11.5. The number of hydrogen-bond acceptors (Lipinski definition) is 0. The van der Waals surface area contributed by atoms with Crippen molar-refractivity contribution in [2.45, 2.75) is 0 Å². The lowest BCUT2D eigenvalue weighted by Gasteiger charge is -2.12. The van der Waals surface area contributed by atoms with E-state index in [1.54, 1.807) is 36.4 Å². The Kier molecular flexibility index (Phi) is 2.86. The third kappa shape index (κ3) is 4.06. The van der Waals surface area contributed by atoms with Crippen LogP contribution in [0.4, 0.5) is 0 Å². The van der Waals surface area contributed by atoms with Crippen LogP contribution in [-0.2, 0) is 0 Å². The first-order valence-electron chi connectivity index (χ1n) is 27.6. The van der Waals surface area contributed by atoms with Gasteiger partial charge in [-0.15, -0.1) is 0 Å². The second-order valence-electron chi connectivity index (χ2n) is 11.5. The minimum Gasteiger partial charge on any atom is -0.309 e. The van der Waals surface area contributed by atoms with Gasteiger partial charge in [0.1, 0.15) is 0 Å². The van der Waals surface area contributed by atoms with Crippen molar-refractivity contribution in [2.75, 3.05) is 0 Å². The predicted molar refractivity (Wildman–Crippen MR) is 215 cm³/mol. The van der Waals surface area contributed by atoms with E-state index in [-0.39, 0.29) is 38.7 Å². The molecule has 0 radical (unpaired) electrons. The normalized spacial score (nSPS) is 18.5. The van der Waals surface area contributed by atoms with Crippen LogP contribution in [0.5, 0.6) is 0 Å². The van der Waals surface area contributed by atoms with Gasteiger partial charge in [0.25, 0.3) is 0 Å². The van der Waals surface area contributed by atoms with Gasteiger partial charge in [0.05, 0.1) is 71.7 Å². The molecule has 0 saturated heterocycles. The SMILES string of the molecule is [2H]c1c([2H])c([2H])c(-n2c3ccccc3c3c(-n4c5c([2H])c([2H])c([2H])c([2H])c5c5c([2H])c(-c6c([2H])c([2H])c7c(c6[2H])c6c([2H])c([2H])c([2H])c([2H])c6n7-c6c([2H])c([2H])c([2H])c([2H])c6[2H])c([2H])c([2H])c54)cccc32)c([2H])c1[2H]. The second kappa shape index (κ2) is 10.8. The van der Waals surface area contributed by atoms with Gasteiger partial charge in [-0.1, -0.05) is 109 Å². The highest BCUT2D eigenvalue weighted by Crippen LogP contribution is 2.41. The molecule has 8 aromatic carbocycles. The predicted octanol–water partition coefficient (Wildman–Crippen LogP) is 12.6. The first kappa shape index (κ1) is 13.5. The van der Waals surface area contributed by atoms with Crippen LogP contribution in [0, 0.1) is 0 Å². The van der Waals surface area contributed by atoms with Crippen molar-refractivity contribution in [3.63, 3.8) is 0 Å². The summed E-state index contributed by atoms with van der Waals surface area (Å²) in [6.45, 7) is 0. The monoisotopic (exact) mass is 673 g/mol. The van der Waals surface area contributed by atoms with Gasteiger partial charge in [0, 0.05) is 43.7 Å². The first-order valence-corrected chi connectivity index (χ1v) is 15.6. The summed E-state index contributed by atoms with van der Waals surface area (Å²) in [5.41, 5.74) is -3.21. The van der Waals surface area contributed by atoms with Gasteiger partial charge in [-0.25, -0.2) is 0 Å². The van der Waals surface area contributed by atoms with Crippen LogP contribution in [-0.4, -0.2) is 13.7 Å². The van der Waals surface area contributed by atoms with Gasteiger partial charge in [-0.05, 0) is 89.8 Å². The highest BCUT2D eigenvalue weighted by Gasteiger charge is 2.20. The van der Waals surface area contributed by atoms with Gasteiger partial charge in [-0.2, -0.15) is 0 Å². The van der Waals surface area contributed by atoms with E-state index in [1.807, 2.05) is 0 Å². The molecule has 3 aromatic heterocycles. The van der Waals surface area contributed by atoms with Crippen molar-refractivity contribution in [3.8, 4) is 28.2 Å². The van der Waals surface area contributed by atoms with Crippen LogP contribution in [0.15, 0.2) is 187 Å². The number of hydrogen-bond donors (Lipinski definition) is 0. The third-order valence-corrected chi connectivity index (χ3v) is 8.90. The molecule has 11 rings (SSSR count). The summed E-state index contributed by atoms with van der Waals surface area (Å²) in [7, 11) is 0. The zero-order valence-corrected chi connectivity index (χ0v) is 25.9. The van der Waals surface area contributed by atoms with Crippen LogP contribution in [0.1, 0.15) is 32.9 Å². The topological polar surface area (TPSA) is 14.8 Å². The van der Waals surface area contributed by atoms with E-state index in [0.717, 1.165) is 4.57 Å². The molecule has 0 bridgehead atoms. The molecule has 11 aromatic rings. The van der Waals surface area contributed by atoms with Crippen molar-refractivity contribution in [2.24, 2.45) is 0 Å². The molecule has 0 aliphatic heterocycles. The van der Waals surface area contributed by atoms with Crippen LogP contribution < -0.4 is 0 Å². The fraction of sp³-hybridized carbons (Fsp3) is 0. The molecule has 0 spiro atoms. The summed E-state index contributed by atoms with van der Waals surface area (Å²) in [4.78, 5) is 0. The van der Waals surface area contributed by atoms with Gasteiger partial charge in [-0.3, -0.25) is 0 Å². The van der Waals surface area contributed by atoms with Gasteiger partial charge in [0.2, 0.25) is 0 Å². The number of benzene rings is 8. The molecular formula is C48H31N3. The van der Waals surface area contributed by atoms with E-state index in [1.165, 1.54) is 15.2 Å². The summed E-state index contributed by atoms with van der Waals surface area (Å²) >= 11 is 0. The Hall–Kier alpha value is -6.84. The number of fused-ring (bicyclic) bond motifs is 9. The minimum absolute atomic E-state index is 0.103. The van der Waals surface area contributed by atoms with E-state index in [4.69, 9.17) is 21.9 Å². The molecule has 0 unspecified atom stereocenters. The van der Waals surface area contributed by atoms with Crippen molar-refractivity contribution in [1.82, 2.24) is 13.7 Å². The van der Waals surface area contributed by atoms with Crippen molar-refractivity contribution < 1.29 is 32.9 Å². The number of aromatic nitrogens is 3. The molecule has 0 atom stereocenters. The first-order chi connectivity index (χ1) is 35.3. The maximum absolute atomic E-state index is 9.99. The number of para-hydroxylation sites is 5. The zero-order chi connectivity index (χ0) is 54.4. The van der Waals surface area contributed by atoms with Gasteiger partial charge >= 0.3 is 0 Å². The zero-order valence-electron chi connectivity index (χ0n) is 49.9. The van der Waals surface area contributed by atoms with Crippen molar-refractivity contribution in [1.29, 1.82) is 0 Å². The van der Waals surface area contributed by atoms with Crippen LogP contribution in [0.25, 0.3) is 93.6 Å². The standard InChI is InChI=1S/C48H31N3/c1-3-14-34(15-4-1)49-41-21-10-7-18-36(41)39-30-32(26-28-44(39)49)33-27-29-45-40(31-33)37-19-8-11-22-42(37)51(45)47-25-13-24-46-48(47)38-20-9-12-23-43(38)50(46)35-16-5-2-6-17-35/h1-31H/i1D,2D,3D,4D,5D,6D,7D,8D,10D,11D,14D,15D,16D,17D,18D,19D,21D,22D,26D,27D,28D,29D,30D,31D. The molecule has 0 amide bonds. The Morgan fingerprint density at radius 1 is 0.333 bits per heavy atom. The van der Waals surface area contributed by atoms with Crippen LogP contribution in [0.2, 0.25) is 0 Å². The van der Waals surface area contributed by atoms with E-state index in [0.29, 0.717) is 16.3 Å². The molecule has 0 saturated carbocycles. The summed E-state index contributed by atoms with van der Waals surface area (Å²) in [6.07, 6.45) is 0. The summed E-state index contributed by atoms with van der Waals surface area (Å²) in [5, 5.41) is -0.974. The van der Waals surface area contributed by atoms with Gasteiger partial charge < -0.3 is 13.7 Å². The number of rotatable bonds is 4. The van der Waals surface area contributed by atoms with Crippen molar-refractivity contribution in [3.05, 3.63) is 187 Å². The van der Waals surface area contributed by atoms with E-state index >= 15 is 0 Å². The molecule has 3 heterocycles. The fourth-order valence-electron chi connectivity index (χ4n) is 6.88. The highest BCUT2D eigenvalue weighted by atomic mass is 15.0. The Labute approximate surface area is 328 Å². The summed E-state index contributed by atoms with van der Waals surface area (Å²) < 4.78 is 219. The Balaban J connectivity index is 1.32. The van der Waals surface area contributed by atoms with Crippen LogP contribution in [0.3, 0.4) is 0 Å². The lowest BCUT2D eigenvalue weighted by molar-refractivity contribution is 1.17. The average molecular weight is 674 g/mol. The van der Waals surface area contributed by atoms with E-state index < -0.39 is 184 Å².